The second kappa shape index (κ2) is 7.33. The van der Waals surface area contributed by atoms with Crippen LogP contribution in [-0.2, 0) is 14.3 Å². The number of benzene rings is 1. The average Bonchev–Trinajstić information content (AvgIpc) is 2.86. The van der Waals surface area contributed by atoms with Crippen molar-refractivity contribution in [1.82, 2.24) is 4.90 Å². The molecule has 0 unspecified atom stereocenters. The molecule has 134 valence electrons. The molecule has 2 aliphatic heterocycles. The molecule has 0 spiro atoms. The van der Waals surface area contributed by atoms with Crippen LogP contribution in [0.15, 0.2) is 35.6 Å². The monoisotopic (exact) mass is 349 g/mol. The van der Waals surface area contributed by atoms with Gasteiger partial charge in [0.1, 0.15) is 18.9 Å². The molecular weight excluding hydrogens is 327 g/mol. The molecule has 1 saturated heterocycles. The van der Waals surface area contributed by atoms with Gasteiger partial charge in [-0.3, -0.25) is 9.59 Å². The molecule has 0 aliphatic carbocycles. The summed E-state index contributed by atoms with van der Waals surface area (Å²) in [4.78, 5) is 27.3. The SMILES string of the molecule is CC(=O)C1=C(O)C(=O)N(CC[NH+]2CCOCC2)[C@H]1c1ccc(F)cc1. The maximum Gasteiger partial charge on any atom is 0.290 e. The molecule has 3 rings (SSSR count). The van der Waals surface area contributed by atoms with E-state index in [4.69, 9.17) is 4.74 Å². The van der Waals surface area contributed by atoms with E-state index in [-0.39, 0.29) is 11.4 Å². The van der Waals surface area contributed by atoms with E-state index in [1.165, 1.54) is 28.9 Å². The lowest BCUT2D eigenvalue weighted by atomic mass is 9.97. The first-order valence-electron chi connectivity index (χ1n) is 8.41. The number of morpholine rings is 1. The van der Waals surface area contributed by atoms with Gasteiger partial charge in [-0.05, 0) is 24.6 Å². The predicted molar refractivity (Wildman–Crippen MR) is 87.6 cm³/mol. The van der Waals surface area contributed by atoms with Gasteiger partial charge in [0, 0.05) is 0 Å². The van der Waals surface area contributed by atoms with E-state index in [1.807, 2.05) is 0 Å². The number of aliphatic hydroxyl groups is 1. The molecule has 25 heavy (non-hydrogen) atoms. The van der Waals surface area contributed by atoms with Crippen molar-refractivity contribution in [1.29, 1.82) is 0 Å². The lowest BCUT2D eigenvalue weighted by Crippen LogP contribution is -3.14. The Morgan fingerprint density at radius 3 is 2.56 bits per heavy atom. The molecule has 1 aromatic rings. The molecule has 1 atom stereocenters. The van der Waals surface area contributed by atoms with Crippen molar-refractivity contribution in [2.24, 2.45) is 0 Å². The fourth-order valence-electron chi connectivity index (χ4n) is 3.42. The highest BCUT2D eigenvalue weighted by Gasteiger charge is 2.42. The van der Waals surface area contributed by atoms with Gasteiger partial charge < -0.3 is 19.6 Å². The van der Waals surface area contributed by atoms with Crippen molar-refractivity contribution in [2.45, 2.75) is 13.0 Å². The molecule has 6 nitrogen and oxygen atoms in total. The Labute approximate surface area is 145 Å². The number of amides is 1. The fourth-order valence-corrected chi connectivity index (χ4v) is 3.42. The van der Waals surface area contributed by atoms with Gasteiger partial charge in [0.25, 0.3) is 5.91 Å². The smallest absolute Gasteiger partial charge is 0.290 e. The third kappa shape index (κ3) is 3.57. The minimum absolute atomic E-state index is 0.0774. The van der Waals surface area contributed by atoms with E-state index in [1.54, 1.807) is 12.1 Å². The first-order chi connectivity index (χ1) is 12.0. The number of carbonyl (C=O) groups excluding carboxylic acids is 2. The van der Waals surface area contributed by atoms with Crippen LogP contribution in [0, 0.1) is 5.82 Å². The maximum atomic E-state index is 13.2. The molecule has 0 radical (unpaired) electrons. The number of nitrogens with zero attached hydrogens (tertiary/aromatic N) is 1. The van der Waals surface area contributed by atoms with E-state index < -0.39 is 23.5 Å². The van der Waals surface area contributed by atoms with E-state index in [0.29, 0.717) is 31.9 Å². The van der Waals surface area contributed by atoms with Crippen LogP contribution >= 0.6 is 0 Å². The zero-order chi connectivity index (χ0) is 18.0. The van der Waals surface area contributed by atoms with E-state index >= 15 is 0 Å². The summed E-state index contributed by atoms with van der Waals surface area (Å²) in [5.74, 6) is -1.80. The van der Waals surface area contributed by atoms with Crippen LogP contribution in [0.4, 0.5) is 4.39 Å². The minimum Gasteiger partial charge on any atom is -0.503 e. The van der Waals surface area contributed by atoms with Gasteiger partial charge >= 0.3 is 0 Å². The summed E-state index contributed by atoms with van der Waals surface area (Å²) in [6.45, 7) is 5.53. The normalized spacial score (nSPS) is 21.9. The lowest BCUT2D eigenvalue weighted by Gasteiger charge is -2.29. The van der Waals surface area contributed by atoms with Gasteiger partial charge in [-0.1, -0.05) is 12.1 Å². The molecule has 2 heterocycles. The Hall–Kier alpha value is -2.25. The second-order valence-electron chi connectivity index (χ2n) is 6.38. The molecule has 0 bridgehead atoms. The number of Topliss-reactive ketones (excluding diaryl/α,β-unsaturated/α-hetero) is 1. The largest absolute Gasteiger partial charge is 0.503 e. The zero-order valence-corrected chi connectivity index (χ0v) is 14.1. The maximum absolute atomic E-state index is 13.2. The van der Waals surface area contributed by atoms with Crippen LogP contribution in [0.5, 0.6) is 0 Å². The number of hydrogen-bond acceptors (Lipinski definition) is 4. The summed E-state index contributed by atoms with van der Waals surface area (Å²) in [7, 11) is 0. The third-order valence-electron chi connectivity index (χ3n) is 4.77. The number of quaternary nitrogens is 1. The Morgan fingerprint density at radius 1 is 1.32 bits per heavy atom. The van der Waals surface area contributed by atoms with Crippen molar-refractivity contribution >= 4 is 11.7 Å². The Morgan fingerprint density at radius 2 is 1.96 bits per heavy atom. The highest BCUT2D eigenvalue weighted by atomic mass is 19.1. The van der Waals surface area contributed by atoms with Gasteiger partial charge in [-0.2, -0.15) is 0 Å². The van der Waals surface area contributed by atoms with Crippen molar-refractivity contribution in [3.8, 4) is 0 Å². The van der Waals surface area contributed by atoms with Crippen LogP contribution in [0.2, 0.25) is 0 Å². The number of carbonyl (C=O) groups is 2. The van der Waals surface area contributed by atoms with Gasteiger partial charge in [0.15, 0.2) is 11.5 Å². The Bertz CT molecular complexity index is 696. The zero-order valence-electron chi connectivity index (χ0n) is 14.1. The summed E-state index contributed by atoms with van der Waals surface area (Å²) in [6, 6.07) is 5.00. The van der Waals surface area contributed by atoms with Gasteiger partial charge in [-0.15, -0.1) is 0 Å². The average molecular weight is 349 g/mol. The van der Waals surface area contributed by atoms with Gasteiger partial charge in [-0.25, -0.2) is 4.39 Å². The lowest BCUT2D eigenvalue weighted by molar-refractivity contribution is -0.907. The standard InChI is InChI=1S/C18H21FN2O4/c1-12(22)15-16(13-2-4-14(19)5-3-13)21(18(24)17(15)23)7-6-20-8-10-25-11-9-20/h2-5,16,23H,6-11H2,1H3/p+1/t16-/m0/s1. The van der Waals surface area contributed by atoms with Gasteiger partial charge in [0.05, 0.1) is 37.9 Å². The van der Waals surface area contributed by atoms with Crippen molar-refractivity contribution < 1.29 is 28.7 Å². The summed E-state index contributed by atoms with van der Waals surface area (Å²) in [5, 5.41) is 10.2. The van der Waals surface area contributed by atoms with Crippen molar-refractivity contribution in [3.05, 3.63) is 47.0 Å². The van der Waals surface area contributed by atoms with Gasteiger partial charge in [0.2, 0.25) is 0 Å². The molecule has 1 amide bonds. The Balaban J connectivity index is 1.85. The molecule has 2 aliphatic rings. The Kier molecular flexibility index (Phi) is 5.15. The topological polar surface area (TPSA) is 71.3 Å². The van der Waals surface area contributed by atoms with E-state index in [2.05, 4.69) is 0 Å². The molecule has 2 N–H and O–H groups in total. The first-order valence-corrected chi connectivity index (χ1v) is 8.41. The minimum atomic E-state index is -0.675. The highest BCUT2D eigenvalue weighted by Crippen LogP contribution is 2.37. The molecule has 1 aromatic carbocycles. The van der Waals surface area contributed by atoms with Crippen LogP contribution in [-0.4, -0.2) is 61.1 Å². The number of aliphatic hydroxyl groups excluding tert-OH is 1. The molecule has 1 fully saturated rings. The van der Waals surface area contributed by atoms with Crippen molar-refractivity contribution in [2.75, 3.05) is 39.4 Å². The summed E-state index contributed by atoms with van der Waals surface area (Å²) in [5.41, 5.74) is 0.689. The summed E-state index contributed by atoms with van der Waals surface area (Å²) >= 11 is 0. The van der Waals surface area contributed by atoms with Crippen LogP contribution < -0.4 is 4.90 Å². The molecular formula is C18H22FN2O4+. The number of hydrogen-bond donors (Lipinski definition) is 2. The number of nitrogens with one attached hydrogen (secondary N) is 1. The quantitative estimate of drug-likeness (QED) is 0.787. The third-order valence-corrected chi connectivity index (χ3v) is 4.77. The molecule has 7 heteroatoms. The highest BCUT2D eigenvalue weighted by molar-refractivity contribution is 6.08. The summed E-state index contributed by atoms with van der Waals surface area (Å²) < 4.78 is 18.6. The number of rotatable bonds is 5. The van der Waals surface area contributed by atoms with Crippen LogP contribution in [0.25, 0.3) is 0 Å². The second-order valence-corrected chi connectivity index (χ2v) is 6.38. The van der Waals surface area contributed by atoms with E-state index in [9.17, 15) is 19.1 Å². The summed E-state index contributed by atoms with van der Waals surface area (Å²) in [6.07, 6.45) is 0. The first kappa shape index (κ1) is 17.6. The number of halogens is 1. The number of ether oxygens (including phenoxy) is 1. The number of ketones is 1. The van der Waals surface area contributed by atoms with E-state index in [0.717, 1.165) is 13.1 Å². The molecule has 0 saturated carbocycles. The van der Waals surface area contributed by atoms with Crippen LogP contribution in [0.3, 0.4) is 0 Å². The molecule has 0 aromatic heterocycles. The predicted octanol–water partition coefficient (Wildman–Crippen LogP) is 0.0252. The van der Waals surface area contributed by atoms with Crippen LogP contribution in [0.1, 0.15) is 18.5 Å². The fraction of sp³-hybridized carbons (Fsp3) is 0.444. The van der Waals surface area contributed by atoms with Crippen molar-refractivity contribution in [3.63, 3.8) is 0 Å².